The van der Waals surface area contributed by atoms with Gasteiger partial charge in [0.1, 0.15) is 0 Å². The van der Waals surface area contributed by atoms with Gasteiger partial charge in [-0.2, -0.15) is 0 Å². The lowest BCUT2D eigenvalue weighted by Crippen LogP contribution is -2.23. The monoisotopic (exact) mass is 232 g/mol. The zero-order chi connectivity index (χ0) is 12.5. The highest BCUT2D eigenvalue weighted by Gasteiger charge is 2.00. The van der Waals surface area contributed by atoms with Crippen LogP contribution in [-0.2, 0) is 11.2 Å². The Morgan fingerprint density at radius 3 is 2.94 bits per heavy atom. The lowest BCUT2D eigenvalue weighted by atomic mass is 10.1. The van der Waals surface area contributed by atoms with Crippen LogP contribution in [0, 0.1) is 6.92 Å². The normalized spacial score (nSPS) is 10.7. The highest BCUT2D eigenvalue weighted by Crippen LogP contribution is 2.06. The van der Waals surface area contributed by atoms with Gasteiger partial charge in [0.05, 0.1) is 0 Å². The van der Waals surface area contributed by atoms with E-state index in [0.717, 1.165) is 6.42 Å². The summed E-state index contributed by atoms with van der Waals surface area (Å²) < 4.78 is 0. The predicted octanol–water partition coefficient (Wildman–Crippen LogP) is 1.56. The highest BCUT2D eigenvalue weighted by atomic mass is 16.1. The average Bonchev–Trinajstić information content (AvgIpc) is 2.32. The van der Waals surface area contributed by atoms with Crippen molar-refractivity contribution in [3.8, 4) is 0 Å². The van der Waals surface area contributed by atoms with Crippen molar-refractivity contribution in [1.29, 1.82) is 0 Å². The van der Waals surface area contributed by atoms with Gasteiger partial charge < -0.3 is 11.1 Å². The number of hydrogen-bond donors (Lipinski definition) is 2. The van der Waals surface area contributed by atoms with Gasteiger partial charge in [-0.3, -0.25) is 4.79 Å². The lowest BCUT2D eigenvalue weighted by Gasteiger charge is -2.03. The van der Waals surface area contributed by atoms with Gasteiger partial charge in [-0.1, -0.05) is 42.0 Å². The summed E-state index contributed by atoms with van der Waals surface area (Å²) in [5.41, 5.74) is 7.73. The fourth-order valence-electron chi connectivity index (χ4n) is 1.57. The Bertz CT molecular complexity index is 386. The molecule has 0 saturated heterocycles. The van der Waals surface area contributed by atoms with Crippen molar-refractivity contribution in [2.45, 2.75) is 19.8 Å². The molecule has 0 aliphatic heterocycles. The molecule has 0 atom stereocenters. The Hall–Kier alpha value is -1.61. The number of rotatable bonds is 6. The van der Waals surface area contributed by atoms with Crippen molar-refractivity contribution < 1.29 is 4.79 Å². The number of aryl methyl sites for hydroxylation is 2. The Kier molecular flexibility index (Phi) is 6.04. The van der Waals surface area contributed by atoms with E-state index in [1.165, 1.54) is 11.1 Å². The van der Waals surface area contributed by atoms with Crippen LogP contribution in [0.4, 0.5) is 0 Å². The van der Waals surface area contributed by atoms with Crippen molar-refractivity contribution >= 4 is 5.91 Å². The SMILES string of the molecule is Cc1cccc(CCC(=O)NC/C=C/CN)c1. The van der Waals surface area contributed by atoms with E-state index in [2.05, 4.69) is 30.4 Å². The Balaban J connectivity index is 2.26. The van der Waals surface area contributed by atoms with Crippen LogP contribution in [0.25, 0.3) is 0 Å². The summed E-state index contributed by atoms with van der Waals surface area (Å²) in [7, 11) is 0. The summed E-state index contributed by atoms with van der Waals surface area (Å²) in [6, 6.07) is 8.24. The van der Waals surface area contributed by atoms with Crippen LogP contribution in [0.5, 0.6) is 0 Å². The first-order valence-corrected chi connectivity index (χ1v) is 5.89. The van der Waals surface area contributed by atoms with E-state index >= 15 is 0 Å². The Labute approximate surface area is 103 Å². The first kappa shape index (κ1) is 13.5. The van der Waals surface area contributed by atoms with Crippen molar-refractivity contribution in [3.05, 3.63) is 47.5 Å². The molecule has 92 valence electrons. The topological polar surface area (TPSA) is 55.1 Å². The van der Waals surface area contributed by atoms with Crippen LogP contribution in [0.2, 0.25) is 0 Å². The smallest absolute Gasteiger partial charge is 0.220 e. The summed E-state index contributed by atoms with van der Waals surface area (Å²) in [5, 5.41) is 2.82. The van der Waals surface area contributed by atoms with Crippen molar-refractivity contribution in [2.75, 3.05) is 13.1 Å². The van der Waals surface area contributed by atoms with Crippen molar-refractivity contribution in [1.82, 2.24) is 5.32 Å². The standard InChI is InChI=1S/C14H20N2O/c1-12-5-4-6-13(11-12)7-8-14(17)16-10-3-2-9-15/h2-6,11H,7-10,15H2,1H3,(H,16,17)/b3-2+. The lowest BCUT2D eigenvalue weighted by molar-refractivity contribution is -0.120. The maximum Gasteiger partial charge on any atom is 0.220 e. The third kappa shape index (κ3) is 5.88. The van der Waals surface area contributed by atoms with Crippen LogP contribution >= 0.6 is 0 Å². The average molecular weight is 232 g/mol. The molecule has 3 heteroatoms. The third-order valence-corrected chi connectivity index (χ3v) is 2.44. The highest BCUT2D eigenvalue weighted by molar-refractivity contribution is 5.76. The van der Waals surface area contributed by atoms with Gasteiger partial charge in [0.15, 0.2) is 0 Å². The molecule has 17 heavy (non-hydrogen) atoms. The molecule has 0 aromatic heterocycles. The molecule has 0 bridgehead atoms. The zero-order valence-electron chi connectivity index (χ0n) is 10.3. The van der Waals surface area contributed by atoms with Crippen LogP contribution in [0.15, 0.2) is 36.4 Å². The minimum atomic E-state index is 0.0770. The number of benzene rings is 1. The maximum atomic E-state index is 11.5. The first-order chi connectivity index (χ1) is 8.22. The van der Waals surface area contributed by atoms with E-state index in [9.17, 15) is 4.79 Å². The van der Waals surface area contributed by atoms with Crippen LogP contribution in [0.1, 0.15) is 17.5 Å². The van der Waals surface area contributed by atoms with Gasteiger partial charge in [0.25, 0.3) is 0 Å². The molecule has 0 heterocycles. The maximum absolute atomic E-state index is 11.5. The number of amides is 1. The zero-order valence-corrected chi connectivity index (χ0v) is 10.3. The largest absolute Gasteiger partial charge is 0.353 e. The van der Waals surface area contributed by atoms with Gasteiger partial charge in [-0.25, -0.2) is 0 Å². The molecule has 0 unspecified atom stereocenters. The second-order valence-electron chi connectivity index (χ2n) is 4.00. The van der Waals surface area contributed by atoms with E-state index in [4.69, 9.17) is 5.73 Å². The molecular weight excluding hydrogens is 212 g/mol. The summed E-state index contributed by atoms with van der Waals surface area (Å²) in [4.78, 5) is 11.5. The molecule has 1 rings (SSSR count). The second kappa shape index (κ2) is 7.63. The van der Waals surface area contributed by atoms with Crippen LogP contribution in [0.3, 0.4) is 0 Å². The molecule has 0 aliphatic carbocycles. The van der Waals surface area contributed by atoms with Crippen molar-refractivity contribution in [3.63, 3.8) is 0 Å². The van der Waals surface area contributed by atoms with Crippen LogP contribution < -0.4 is 11.1 Å². The number of nitrogens with one attached hydrogen (secondary N) is 1. The first-order valence-electron chi connectivity index (χ1n) is 5.89. The van der Waals surface area contributed by atoms with E-state index in [-0.39, 0.29) is 5.91 Å². The minimum absolute atomic E-state index is 0.0770. The van der Waals surface area contributed by atoms with Gasteiger partial charge in [-0.05, 0) is 18.9 Å². The fourth-order valence-corrected chi connectivity index (χ4v) is 1.57. The molecule has 3 N–H and O–H groups in total. The number of carbonyl (C=O) groups excluding carboxylic acids is 1. The van der Waals surface area contributed by atoms with Gasteiger partial charge in [-0.15, -0.1) is 0 Å². The van der Waals surface area contributed by atoms with Crippen LogP contribution in [-0.4, -0.2) is 19.0 Å². The van der Waals surface area contributed by atoms with Gasteiger partial charge >= 0.3 is 0 Å². The van der Waals surface area contributed by atoms with E-state index in [1.54, 1.807) is 0 Å². The van der Waals surface area contributed by atoms with Crippen molar-refractivity contribution in [2.24, 2.45) is 5.73 Å². The molecule has 1 amide bonds. The van der Waals surface area contributed by atoms with E-state index in [1.807, 2.05) is 18.2 Å². The molecule has 0 fully saturated rings. The summed E-state index contributed by atoms with van der Waals surface area (Å²) in [6.07, 6.45) is 5.01. The predicted molar refractivity (Wildman–Crippen MR) is 70.7 cm³/mol. The van der Waals surface area contributed by atoms with E-state index in [0.29, 0.717) is 19.5 Å². The minimum Gasteiger partial charge on any atom is -0.353 e. The molecule has 0 saturated carbocycles. The second-order valence-corrected chi connectivity index (χ2v) is 4.00. The molecule has 1 aromatic carbocycles. The van der Waals surface area contributed by atoms with E-state index < -0.39 is 0 Å². The molecule has 1 aromatic rings. The fraction of sp³-hybridized carbons (Fsp3) is 0.357. The van der Waals surface area contributed by atoms with Gasteiger partial charge in [0, 0.05) is 19.5 Å². The molecule has 0 spiro atoms. The summed E-state index contributed by atoms with van der Waals surface area (Å²) in [5.74, 6) is 0.0770. The number of hydrogen-bond acceptors (Lipinski definition) is 2. The molecule has 0 aliphatic rings. The Morgan fingerprint density at radius 2 is 2.24 bits per heavy atom. The molecule has 0 radical (unpaired) electrons. The summed E-state index contributed by atoms with van der Waals surface area (Å²) in [6.45, 7) is 3.13. The molecular formula is C14H20N2O. The van der Waals surface area contributed by atoms with Gasteiger partial charge in [0.2, 0.25) is 5.91 Å². The number of nitrogens with two attached hydrogens (primary N) is 1. The summed E-state index contributed by atoms with van der Waals surface area (Å²) >= 11 is 0. The number of carbonyl (C=O) groups is 1. The Morgan fingerprint density at radius 1 is 1.41 bits per heavy atom. The quantitative estimate of drug-likeness (QED) is 0.731. The molecule has 3 nitrogen and oxygen atoms in total. The third-order valence-electron chi connectivity index (χ3n) is 2.44.